The van der Waals surface area contributed by atoms with Crippen molar-refractivity contribution < 1.29 is 18.3 Å². The van der Waals surface area contributed by atoms with E-state index in [1.807, 2.05) is 25.8 Å². The SMILES string of the molecule is CC(C)N(C)CCNS(=O)(=O)N1CCCCC1C(=O)O. The number of rotatable bonds is 7. The Bertz CT molecular complexity index is 424. The number of carboxylic acid groups (broad SMARTS) is 1. The number of aliphatic carboxylic acids is 1. The van der Waals surface area contributed by atoms with E-state index in [1.165, 1.54) is 0 Å². The zero-order valence-electron chi connectivity index (χ0n) is 12.4. The largest absolute Gasteiger partial charge is 0.480 e. The fourth-order valence-corrected chi connectivity index (χ4v) is 3.55. The first-order valence-corrected chi connectivity index (χ1v) is 8.39. The first-order valence-electron chi connectivity index (χ1n) is 6.95. The average molecular weight is 307 g/mol. The molecule has 118 valence electrons. The molecule has 1 heterocycles. The summed E-state index contributed by atoms with van der Waals surface area (Å²) in [4.78, 5) is 13.2. The summed E-state index contributed by atoms with van der Waals surface area (Å²) in [5.74, 6) is -1.07. The summed E-state index contributed by atoms with van der Waals surface area (Å²) in [6.07, 6.45) is 1.83. The van der Waals surface area contributed by atoms with Crippen molar-refractivity contribution in [3.63, 3.8) is 0 Å². The van der Waals surface area contributed by atoms with Crippen molar-refractivity contribution in [2.45, 2.75) is 45.2 Å². The molecule has 0 aromatic rings. The van der Waals surface area contributed by atoms with Crippen LogP contribution < -0.4 is 4.72 Å². The molecule has 2 N–H and O–H groups in total. The second kappa shape index (κ2) is 7.35. The molecule has 0 spiro atoms. The van der Waals surface area contributed by atoms with Gasteiger partial charge in [-0.2, -0.15) is 12.7 Å². The minimum absolute atomic E-state index is 0.270. The third kappa shape index (κ3) is 4.69. The second-order valence-electron chi connectivity index (χ2n) is 5.43. The maximum atomic E-state index is 12.2. The van der Waals surface area contributed by atoms with Gasteiger partial charge in [-0.3, -0.25) is 4.79 Å². The molecule has 7 nitrogen and oxygen atoms in total. The van der Waals surface area contributed by atoms with Crippen molar-refractivity contribution >= 4 is 16.2 Å². The Morgan fingerprint density at radius 3 is 2.65 bits per heavy atom. The molecule has 0 amide bonds. The van der Waals surface area contributed by atoms with E-state index in [1.54, 1.807) is 0 Å². The molecule has 0 aromatic heterocycles. The molecule has 1 saturated heterocycles. The summed E-state index contributed by atoms with van der Waals surface area (Å²) in [5.41, 5.74) is 0. The smallest absolute Gasteiger partial charge is 0.322 e. The Hall–Kier alpha value is -0.700. The molecule has 8 heteroatoms. The van der Waals surface area contributed by atoms with Gasteiger partial charge < -0.3 is 10.0 Å². The number of hydrogen-bond donors (Lipinski definition) is 2. The van der Waals surface area contributed by atoms with Gasteiger partial charge >= 0.3 is 5.97 Å². The van der Waals surface area contributed by atoms with Crippen LogP contribution in [-0.2, 0) is 15.0 Å². The maximum absolute atomic E-state index is 12.2. The quantitative estimate of drug-likeness (QED) is 0.696. The number of carbonyl (C=O) groups is 1. The van der Waals surface area contributed by atoms with Crippen LogP contribution in [0.15, 0.2) is 0 Å². The zero-order chi connectivity index (χ0) is 15.3. The molecule has 0 bridgehead atoms. The van der Waals surface area contributed by atoms with Gasteiger partial charge in [-0.15, -0.1) is 0 Å². The second-order valence-corrected chi connectivity index (χ2v) is 7.14. The number of nitrogens with one attached hydrogen (secondary N) is 1. The minimum atomic E-state index is -3.72. The average Bonchev–Trinajstić information content (AvgIpc) is 2.38. The Morgan fingerprint density at radius 1 is 1.45 bits per heavy atom. The van der Waals surface area contributed by atoms with Crippen molar-refractivity contribution in [3.05, 3.63) is 0 Å². The van der Waals surface area contributed by atoms with Crippen LogP contribution in [-0.4, -0.2) is 67.5 Å². The van der Waals surface area contributed by atoms with Crippen molar-refractivity contribution in [1.82, 2.24) is 13.9 Å². The van der Waals surface area contributed by atoms with Crippen LogP contribution in [0.25, 0.3) is 0 Å². The number of hydrogen-bond acceptors (Lipinski definition) is 4. The first-order chi connectivity index (χ1) is 9.25. The van der Waals surface area contributed by atoms with Crippen LogP contribution in [0, 0.1) is 0 Å². The van der Waals surface area contributed by atoms with Gasteiger partial charge in [0, 0.05) is 25.7 Å². The molecule has 1 fully saturated rings. The predicted molar refractivity (Wildman–Crippen MR) is 76.7 cm³/mol. The molecule has 1 unspecified atom stereocenters. The minimum Gasteiger partial charge on any atom is -0.480 e. The van der Waals surface area contributed by atoms with E-state index in [2.05, 4.69) is 4.72 Å². The van der Waals surface area contributed by atoms with Gasteiger partial charge in [-0.1, -0.05) is 0 Å². The van der Waals surface area contributed by atoms with Gasteiger partial charge in [0.15, 0.2) is 0 Å². The molecule has 0 saturated carbocycles. The van der Waals surface area contributed by atoms with E-state index in [4.69, 9.17) is 5.11 Å². The Kier molecular flexibility index (Phi) is 6.38. The van der Waals surface area contributed by atoms with Crippen LogP contribution in [0.4, 0.5) is 0 Å². The molecule has 1 atom stereocenters. The Labute approximate surface area is 121 Å². The highest BCUT2D eigenvalue weighted by Crippen LogP contribution is 2.19. The molecule has 1 aliphatic heterocycles. The van der Waals surface area contributed by atoms with E-state index >= 15 is 0 Å². The number of carboxylic acids is 1. The van der Waals surface area contributed by atoms with Crippen LogP contribution in [0.3, 0.4) is 0 Å². The Morgan fingerprint density at radius 2 is 2.10 bits per heavy atom. The number of likely N-dealkylation sites (N-methyl/N-ethyl adjacent to an activating group) is 1. The van der Waals surface area contributed by atoms with Crippen LogP contribution >= 0.6 is 0 Å². The summed E-state index contributed by atoms with van der Waals surface area (Å²) >= 11 is 0. The summed E-state index contributed by atoms with van der Waals surface area (Å²) in [6.45, 7) is 5.19. The van der Waals surface area contributed by atoms with Gasteiger partial charge in [0.05, 0.1) is 0 Å². The lowest BCUT2D eigenvalue weighted by molar-refractivity contribution is -0.142. The standard InChI is InChI=1S/C12H25N3O4S/c1-10(2)14(3)9-7-13-20(18,19)15-8-5-4-6-11(15)12(16)17/h10-11,13H,4-9H2,1-3H3,(H,16,17). The lowest BCUT2D eigenvalue weighted by Crippen LogP contribution is -2.53. The first kappa shape index (κ1) is 17.4. The molecule has 0 aromatic carbocycles. The highest BCUT2D eigenvalue weighted by Gasteiger charge is 2.36. The van der Waals surface area contributed by atoms with Crippen LogP contribution in [0.5, 0.6) is 0 Å². The van der Waals surface area contributed by atoms with Gasteiger partial charge in [0.1, 0.15) is 6.04 Å². The van der Waals surface area contributed by atoms with E-state index in [0.29, 0.717) is 25.4 Å². The van der Waals surface area contributed by atoms with Crippen molar-refractivity contribution in [3.8, 4) is 0 Å². The number of nitrogens with zero attached hydrogens (tertiary/aromatic N) is 2. The van der Waals surface area contributed by atoms with Crippen LogP contribution in [0.2, 0.25) is 0 Å². The third-order valence-corrected chi connectivity index (χ3v) is 5.30. The Balaban J connectivity index is 2.60. The van der Waals surface area contributed by atoms with Gasteiger partial charge in [0.2, 0.25) is 0 Å². The molecular weight excluding hydrogens is 282 g/mol. The summed E-state index contributed by atoms with van der Waals surface area (Å²) in [7, 11) is -1.81. The van der Waals surface area contributed by atoms with E-state index in [9.17, 15) is 13.2 Å². The van der Waals surface area contributed by atoms with Crippen molar-refractivity contribution in [1.29, 1.82) is 0 Å². The van der Waals surface area contributed by atoms with Gasteiger partial charge in [0.25, 0.3) is 10.2 Å². The monoisotopic (exact) mass is 307 g/mol. The highest BCUT2D eigenvalue weighted by molar-refractivity contribution is 7.87. The summed E-state index contributed by atoms with van der Waals surface area (Å²) in [5, 5.41) is 9.12. The molecular formula is C12H25N3O4S. The van der Waals surface area contributed by atoms with E-state index < -0.39 is 22.2 Å². The van der Waals surface area contributed by atoms with Gasteiger partial charge in [-0.25, -0.2) is 4.72 Å². The summed E-state index contributed by atoms with van der Waals surface area (Å²) < 4.78 is 27.9. The third-order valence-electron chi connectivity index (χ3n) is 3.68. The fraction of sp³-hybridized carbons (Fsp3) is 0.917. The zero-order valence-corrected chi connectivity index (χ0v) is 13.2. The highest BCUT2D eigenvalue weighted by atomic mass is 32.2. The fourth-order valence-electron chi connectivity index (χ4n) is 2.13. The molecule has 20 heavy (non-hydrogen) atoms. The van der Waals surface area contributed by atoms with Gasteiger partial charge in [-0.05, 0) is 40.2 Å². The van der Waals surface area contributed by atoms with E-state index in [-0.39, 0.29) is 13.1 Å². The number of piperidine rings is 1. The molecule has 0 radical (unpaired) electrons. The maximum Gasteiger partial charge on any atom is 0.322 e. The normalized spacial score (nSPS) is 21.6. The lowest BCUT2D eigenvalue weighted by Gasteiger charge is -2.32. The molecule has 0 aliphatic carbocycles. The predicted octanol–water partition coefficient (Wildman–Crippen LogP) is 0.100. The topological polar surface area (TPSA) is 90.0 Å². The van der Waals surface area contributed by atoms with E-state index in [0.717, 1.165) is 10.7 Å². The molecule has 1 aliphatic rings. The van der Waals surface area contributed by atoms with Crippen molar-refractivity contribution in [2.75, 3.05) is 26.7 Å². The van der Waals surface area contributed by atoms with Crippen molar-refractivity contribution in [2.24, 2.45) is 0 Å². The summed E-state index contributed by atoms with van der Waals surface area (Å²) in [6, 6.07) is -0.606. The van der Waals surface area contributed by atoms with Crippen LogP contribution in [0.1, 0.15) is 33.1 Å². The molecule has 1 rings (SSSR count). The lowest BCUT2D eigenvalue weighted by atomic mass is 10.1.